The average molecular weight is 242 g/mol. The Hall–Kier alpha value is -1.83. The van der Waals surface area contributed by atoms with Gasteiger partial charge in [-0.3, -0.25) is 0 Å². The average Bonchev–Trinajstić information content (AvgIpc) is 2.36. The number of pyridine rings is 1. The van der Waals surface area contributed by atoms with Gasteiger partial charge in [0.15, 0.2) is 12.4 Å². The first-order valence-corrected chi connectivity index (χ1v) is 6.18. The molecular formula is C16H20NO+. The van der Waals surface area contributed by atoms with E-state index in [1.807, 2.05) is 37.9 Å². The smallest absolute Gasteiger partial charge is 0.169 e. The summed E-state index contributed by atoms with van der Waals surface area (Å²) in [6.45, 7) is 8.10. The van der Waals surface area contributed by atoms with E-state index in [0.717, 1.165) is 22.3 Å². The Morgan fingerprint density at radius 2 is 1.28 bits per heavy atom. The zero-order chi connectivity index (χ0) is 13.4. The Kier molecular flexibility index (Phi) is 3.12. The zero-order valence-electron chi connectivity index (χ0n) is 11.7. The monoisotopic (exact) mass is 242 g/mol. The molecule has 0 fully saturated rings. The van der Waals surface area contributed by atoms with E-state index in [1.165, 1.54) is 11.1 Å². The van der Waals surface area contributed by atoms with Gasteiger partial charge in [0.25, 0.3) is 0 Å². The number of aryl methyl sites for hydroxylation is 1. The van der Waals surface area contributed by atoms with E-state index in [1.54, 1.807) is 0 Å². The normalized spacial score (nSPS) is 10.7. The van der Waals surface area contributed by atoms with Crippen molar-refractivity contribution in [3.05, 3.63) is 46.8 Å². The van der Waals surface area contributed by atoms with Crippen molar-refractivity contribution in [2.24, 2.45) is 7.05 Å². The van der Waals surface area contributed by atoms with E-state index in [0.29, 0.717) is 5.75 Å². The standard InChI is InChI=1S/C16H19NO/c1-10-12(3)16(18)13(4)11(2)15(10)14-6-8-17(5)9-7-14/h6-9H,1-5H3/p+1. The van der Waals surface area contributed by atoms with Gasteiger partial charge < -0.3 is 5.11 Å². The highest BCUT2D eigenvalue weighted by molar-refractivity contribution is 5.75. The van der Waals surface area contributed by atoms with E-state index in [2.05, 4.69) is 26.0 Å². The first kappa shape index (κ1) is 12.6. The largest absolute Gasteiger partial charge is 0.507 e. The minimum absolute atomic E-state index is 0.426. The molecule has 0 atom stereocenters. The molecule has 0 aliphatic carbocycles. The second-order valence-electron chi connectivity index (χ2n) is 4.98. The third kappa shape index (κ3) is 1.88. The van der Waals surface area contributed by atoms with Crippen LogP contribution >= 0.6 is 0 Å². The summed E-state index contributed by atoms with van der Waals surface area (Å²) in [5, 5.41) is 10.1. The summed E-state index contributed by atoms with van der Waals surface area (Å²) in [4.78, 5) is 0. The molecule has 1 N–H and O–H groups in total. The molecule has 0 radical (unpaired) electrons. The lowest BCUT2D eigenvalue weighted by atomic mass is 9.89. The van der Waals surface area contributed by atoms with E-state index in [-0.39, 0.29) is 0 Å². The van der Waals surface area contributed by atoms with Crippen LogP contribution in [-0.2, 0) is 7.05 Å². The molecular weight excluding hydrogens is 222 g/mol. The first-order chi connectivity index (χ1) is 8.43. The fraction of sp³-hybridized carbons (Fsp3) is 0.312. The maximum Gasteiger partial charge on any atom is 0.169 e. The van der Waals surface area contributed by atoms with Gasteiger partial charge in [-0.05, 0) is 61.1 Å². The number of phenolic OH excluding ortho intramolecular Hbond substituents is 1. The number of rotatable bonds is 1. The molecule has 2 rings (SSSR count). The summed E-state index contributed by atoms with van der Waals surface area (Å²) < 4.78 is 2.02. The molecule has 0 aliphatic heterocycles. The fourth-order valence-corrected chi connectivity index (χ4v) is 2.39. The van der Waals surface area contributed by atoms with Crippen molar-refractivity contribution < 1.29 is 9.67 Å². The van der Waals surface area contributed by atoms with Crippen molar-refractivity contribution in [3.63, 3.8) is 0 Å². The molecule has 2 nitrogen and oxygen atoms in total. The third-order valence-corrected chi connectivity index (χ3v) is 3.85. The number of aromatic hydroxyl groups is 1. The molecule has 2 aromatic rings. The number of hydrogen-bond donors (Lipinski definition) is 1. The highest BCUT2D eigenvalue weighted by Crippen LogP contribution is 2.36. The second-order valence-corrected chi connectivity index (χ2v) is 4.98. The minimum atomic E-state index is 0.426. The van der Waals surface area contributed by atoms with E-state index in [9.17, 15) is 5.11 Å². The molecule has 1 heterocycles. The molecule has 94 valence electrons. The predicted molar refractivity (Wildman–Crippen MR) is 73.7 cm³/mol. The molecule has 0 saturated carbocycles. The summed E-state index contributed by atoms with van der Waals surface area (Å²) >= 11 is 0. The molecule has 0 spiro atoms. The van der Waals surface area contributed by atoms with Crippen molar-refractivity contribution in [2.45, 2.75) is 27.7 Å². The third-order valence-electron chi connectivity index (χ3n) is 3.85. The fourth-order valence-electron chi connectivity index (χ4n) is 2.39. The Balaban J connectivity index is 2.75. The predicted octanol–water partition coefficient (Wildman–Crippen LogP) is 3.12. The Morgan fingerprint density at radius 3 is 1.72 bits per heavy atom. The molecule has 1 aromatic carbocycles. The lowest BCUT2D eigenvalue weighted by Gasteiger charge is -2.17. The van der Waals surface area contributed by atoms with Crippen molar-refractivity contribution in [1.82, 2.24) is 0 Å². The van der Waals surface area contributed by atoms with Crippen LogP contribution in [0.15, 0.2) is 24.5 Å². The van der Waals surface area contributed by atoms with Crippen LogP contribution in [0, 0.1) is 27.7 Å². The lowest BCUT2D eigenvalue weighted by molar-refractivity contribution is -0.671. The van der Waals surface area contributed by atoms with Crippen LogP contribution < -0.4 is 4.57 Å². The van der Waals surface area contributed by atoms with Crippen LogP contribution in [0.3, 0.4) is 0 Å². The number of benzene rings is 1. The summed E-state index contributed by atoms with van der Waals surface area (Å²) in [6.07, 6.45) is 4.09. The molecule has 1 aromatic heterocycles. The van der Waals surface area contributed by atoms with Gasteiger partial charge in [0.2, 0.25) is 0 Å². The van der Waals surface area contributed by atoms with Crippen LogP contribution in [0.2, 0.25) is 0 Å². The van der Waals surface area contributed by atoms with Gasteiger partial charge in [-0.1, -0.05) is 0 Å². The SMILES string of the molecule is Cc1c(C)c(-c2cc[n+](C)cc2)c(C)c(C)c1O. The number of phenols is 1. The summed E-state index contributed by atoms with van der Waals surface area (Å²) in [5.74, 6) is 0.426. The van der Waals surface area contributed by atoms with Crippen LogP contribution in [-0.4, -0.2) is 5.11 Å². The van der Waals surface area contributed by atoms with Gasteiger partial charge in [-0.2, -0.15) is 0 Å². The molecule has 0 amide bonds. The Labute approximate surface area is 109 Å². The molecule has 0 bridgehead atoms. The number of aromatic nitrogens is 1. The maximum atomic E-state index is 10.1. The van der Waals surface area contributed by atoms with Crippen molar-refractivity contribution >= 4 is 0 Å². The van der Waals surface area contributed by atoms with Gasteiger partial charge >= 0.3 is 0 Å². The van der Waals surface area contributed by atoms with Gasteiger partial charge in [0, 0.05) is 12.1 Å². The zero-order valence-corrected chi connectivity index (χ0v) is 11.7. The number of hydrogen-bond acceptors (Lipinski definition) is 1. The van der Waals surface area contributed by atoms with Crippen LogP contribution in [0.5, 0.6) is 5.75 Å². The highest BCUT2D eigenvalue weighted by Gasteiger charge is 2.15. The molecule has 0 unspecified atom stereocenters. The first-order valence-electron chi connectivity index (χ1n) is 6.18. The Morgan fingerprint density at radius 1 is 0.833 bits per heavy atom. The lowest BCUT2D eigenvalue weighted by Crippen LogP contribution is -2.25. The summed E-state index contributed by atoms with van der Waals surface area (Å²) in [7, 11) is 2.01. The van der Waals surface area contributed by atoms with E-state index < -0.39 is 0 Å². The highest BCUT2D eigenvalue weighted by atomic mass is 16.3. The summed E-state index contributed by atoms with van der Waals surface area (Å²) in [6, 6.07) is 4.23. The molecule has 18 heavy (non-hydrogen) atoms. The van der Waals surface area contributed by atoms with Gasteiger partial charge in [0.05, 0.1) is 0 Å². The van der Waals surface area contributed by atoms with Gasteiger partial charge in [-0.25, -0.2) is 4.57 Å². The summed E-state index contributed by atoms with van der Waals surface area (Å²) in [5.41, 5.74) is 6.70. The van der Waals surface area contributed by atoms with Gasteiger partial charge in [0.1, 0.15) is 12.8 Å². The van der Waals surface area contributed by atoms with Crippen LogP contribution in [0.4, 0.5) is 0 Å². The van der Waals surface area contributed by atoms with Crippen molar-refractivity contribution in [1.29, 1.82) is 0 Å². The number of nitrogens with zero attached hydrogens (tertiary/aromatic N) is 1. The van der Waals surface area contributed by atoms with Crippen molar-refractivity contribution in [3.8, 4) is 16.9 Å². The minimum Gasteiger partial charge on any atom is -0.507 e. The van der Waals surface area contributed by atoms with Crippen molar-refractivity contribution in [2.75, 3.05) is 0 Å². The van der Waals surface area contributed by atoms with Crippen LogP contribution in [0.1, 0.15) is 22.3 Å². The second kappa shape index (κ2) is 4.45. The van der Waals surface area contributed by atoms with E-state index in [4.69, 9.17) is 0 Å². The topological polar surface area (TPSA) is 24.1 Å². The maximum absolute atomic E-state index is 10.1. The quantitative estimate of drug-likeness (QED) is 0.763. The Bertz CT molecular complexity index is 568. The van der Waals surface area contributed by atoms with E-state index >= 15 is 0 Å². The van der Waals surface area contributed by atoms with Gasteiger partial charge in [-0.15, -0.1) is 0 Å². The van der Waals surface area contributed by atoms with Crippen LogP contribution in [0.25, 0.3) is 11.1 Å². The molecule has 0 aliphatic rings. The molecule has 2 heteroatoms. The molecule has 0 saturated heterocycles.